The van der Waals surface area contributed by atoms with E-state index >= 15 is 0 Å². The molecule has 1 saturated carbocycles. The average molecular weight is 281 g/mol. The SMILES string of the molecule is CCN1CCN(C2CC(C(C)C)CCC2NC)CC1C. The van der Waals surface area contributed by atoms with Gasteiger partial charge < -0.3 is 5.32 Å². The van der Waals surface area contributed by atoms with Gasteiger partial charge in [0, 0.05) is 37.8 Å². The van der Waals surface area contributed by atoms with Crippen LogP contribution >= 0.6 is 0 Å². The van der Waals surface area contributed by atoms with Crippen molar-refractivity contribution in [2.24, 2.45) is 11.8 Å². The Kier molecular flexibility index (Phi) is 5.88. The molecule has 1 aliphatic carbocycles. The van der Waals surface area contributed by atoms with E-state index in [2.05, 4.69) is 49.9 Å². The minimum atomic E-state index is 0.699. The van der Waals surface area contributed by atoms with E-state index in [0.29, 0.717) is 12.1 Å². The van der Waals surface area contributed by atoms with Crippen molar-refractivity contribution in [2.45, 2.75) is 65.1 Å². The highest BCUT2D eigenvalue weighted by atomic mass is 15.3. The molecular formula is C17H35N3. The second kappa shape index (κ2) is 7.24. The number of nitrogens with zero attached hydrogens (tertiary/aromatic N) is 2. The van der Waals surface area contributed by atoms with Gasteiger partial charge in [0.1, 0.15) is 0 Å². The number of rotatable bonds is 4. The van der Waals surface area contributed by atoms with E-state index in [-0.39, 0.29) is 0 Å². The maximum Gasteiger partial charge on any atom is 0.0253 e. The molecule has 0 aromatic heterocycles. The molecule has 4 unspecified atom stereocenters. The van der Waals surface area contributed by atoms with E-state index in [1.54, 1.807) is 0 Å². The fourth-order valence-electron chi connectivity index (χ4n) is 4.32. The Labute approximate surface area is 126 Å². The zero-order valence-corrected chi connectivity index (χ0v) is 14.2. The molecule has 0 aromatic carbocycles. The second-order valence-electron chi connectivity index (χ2n) is 7.25. The highest BCUT2D eigenvalue weighted by Gasteiger charge is 2.36. The fourth-order valence-corrected chi connectivity index (χ4v) is 4.32. The maximum atomic E-state index is 3.60. The molecule has 1 N–H and O–H groups in total. The molecule has 118 valence electrons. The van der Waals surface area contributed by atoms with Gasteiger partial charge in [-0.2, -0.15) is 0 Å². The molecule has 2 aliphatic rings. The number of likely N-dealkylation sites (N-methyl/N-ethyl adjacent to an activating group) is 2. The summed E-state index contributed by atoms with van der Waals surface area (Å²) >= 11 is 0. The van der Waals surface area contributed by atoms with Gasteiger partial charge >= 0.3 is 0 Å². The summed E-state index contributed by atoms with van der Waals surface area (Å²) < 4.78 is 0. The Balaban J connectivity index is 2.00. The predicted octanol–water partition coefficient (Wildman–Crippen LogP) is 2.43. The van der Waals surface area contributed by atoms with Crippen LogP contribution in [-0.2, 0) is 0 Å². The third kappa shape index (κ3) is 3.55. The van der Waals surface area contributed by atoms with Crippen LogP contribution < -0.4 is 5.32 Å². The minimum absolute atomic E-state index is 0.699. The summed E-state index contributed by atoms with van der Waals surface area (Å²) in [6.07, 6.45) is 4.15. The zero-order chi connectivity index (χ0) is 14.7. The summed E-state index contributed by atoms with van der Waals surface area (Å²) in [6.45, 7) is 14.4. The molecule has 1 aliphatic heterocycles. The van der Waals surface area contributed by atoms with Crippen LogP contribution in [0.2, 0.25) is 0 Å². The highest BCUT2D eigenvalue weighted by Crippen LogP contribution is 2.33. The standard InChI is InChI=1S/C17H35N3/c1-6-19-9-10-20(12-14(19)4)17-11-15(13(2)3)7-8-16(17)18-5/h13-18H,6-12H2,1-5H3. The number of piperazine rings is 1. The fraction of sp³-hybridized carbons (Fsp3) is 1.00. The topological polar surface area (TPSA) is 18.5 Å². The van der Waals surface area contributed by atoms with Gasteiger partial charge in [0.2, 0.25) is 0 Å². The summed E-state index contributed by atoms with van der Waals surface area (Å²) in [5, 5.41) is 3.60. The van der Waals surface area contributed by atoms with Crippen LogP contribution in [0.25, 0.3) is 0 Å². The van der Waals surface area contributed by atoms with Gasteiger partial charge in [0.15, 0.2) is 0 Å². The summed E-state index contributed by atoms with van der Waals surface area (Å²) in [5.74, 6) is 1.76. The molecule has 20 heavy (non-hydrogen) atoms. The number of hydrogen-bond acceptors (Lipinski definition) is 3. The van der Waals surface area contributed by atoms with Crippen LogP contribution in [0.15, 0.2) is 0 Å². The molecule has 2 rings (SSSR count). The minimum Gasteiger partial charge on any atom is -0.315 e. The van der Waals surface area contributed by atoms with Gasteiger partial charge in [-0.3, -0.25) is 9.80 Å². The lowest BCUT2D eigenvalue weighted by Crippen LogP contribution is -2.60. The molecule has 4 atom stereocenters. The van der Waals surface area contributed by atoms with Crippen molar-refractivity contribution in [2.75, 3.05) is 33.2 Å². The van der Waals surface area contributed by atoms with Crippen molar-refractivity contribution in [1.82, 2.24) is 15.1 Å². The van der Waals surface area contributed by atoms with Crippen molar-refractivity contribution in [3.63, 3.8) is 0 Å². The first-order chi connectivity index (χ1) is 9.56. The lowest BCUT2D eigenvalue weighted by molar-refractivity contribution is 0.0192. The Bertz CT molecular complexity index is 292. The summed E-state index contributed by atoms with van der Waals surface area (Å²) in [4.78, 5) is 5.40. The Hall–Kier alpha value is -0.120. The van der Waals surface area contributed by atoms with E-state index in [1.807, 2.05) is 0 Å². The summed E-state index contributed by atoms with van der Waals surface area (Å²) in [7, 11) is 2.15. The molecule has 3 heteroatoms. The monoisotopic (exact) mass is 281 g/mol. The van der Waals surface area contributed by atoms with Gasteiger partial charge in [-0.25, -0.2) is 0 Å². The van der Waals surface area contributed by atoms with Gasteiger partial charge in [0.25, 0.3) is 0 Å². The van der Waals surface area contributed by atoms with Crippen molar-refractivity contribution >= 4 is 0 Å². The van der Waals surface area contributed by atoms with Gasteiger partial charge in [-0.15, -0.1) is 0 Å². The molecule has 1 saturated heterocycles. The zero-order valence-electron chi connectivity index (χ0n) is 14.2. The van der Waals surface area contributed by atoms with Crippen LogP contribution in [0.4, 0.5) is 0 Å². The van der Waals surface area contributed by atoms with Crippen molar-refractivity contribution in [3.8, 4) is 0 Å². The van der Waals surface area contributed by atoms with Crippen molar-refractivity contribution < 1.29 is 0 Å². The molecule has 3 nitrogen and oxygen atoms in total. The van der Waals surface area contributed by atoms with E-state index in [0.717, 1.165) is 17.9 Å². The van der Waals surface area contributed by atoms with Crippen molar-refractivity contribution in [3.05, 3.63) is 0 Å². The molecular weight excluding hydrogens is 246 g/mol. The average Bonchev–Trinajstić information content (AvgIpc) is 2.46. The number of nitrogens with one attached hydrogen (secondary N) is 1. The Morgan fingerprint density at radius 2 is 1.95 bits per heavy atom. The molecule has 0 spiro atoms. The summed E-state index contributed by atoms with van der Waals surface area (Å²) in [5.41, 5.74) is 0. The van der Waals surface area contributed by atoms with E-state index in [1.165, 1.54) is 45.4 Å². The van der Waals surface area contributed by atoms with Crippen LogP contribution in [-0.4, -0.2) is 61.2 Å². The van der Waals surface area contributed by atoms with Gasteiger partial charge in [-0.1, -0.05) is 20.8 Å². The first-order valence-corrected chi connectivity index (χ1v) is 8.72. The maximum absolute atomic E-state index is 3.60. The lowest BCUT2D eigenvalue weighted by Gasteiger charge is -2.48. The Morgan fingerprint density at radius 3 is 2.50 bits per heavy atom. The normalized spacial score (nSPS) is 37.5. The molecule has 0 aromatic rings. The van der Waals surface area contributed by atoms with Gasteiger partial charge in [-0.05, 0) is 51.6 Å². The van der Waals surface area contributed by atoms with Gasteiger partial charge in [0.05, 0.1) is 0 Å². The first kappa shape index (κ1) is 16.3. The molecule has 0 amide bonds. The first-order valence-electron chi connectivity index (χ1n) is 8.72. The van der Waals surface area contributed by atoms with E-state index in [9.17, 15) is 0 Å². The quantitative estimate of drug-likeness (QED) is 0.854. The third-order valence-corrected chi connectivity index (χ3v) is 5.84. The van der Waals surface area contributed by atoms with E-state index in [4.69, 9.17) is 0 Å². The molecule has 0 radical (unpaired) electrons. The second-order valence-corrected chi connectivity index (χ2v) is 7.25. The van der Waals surface area contributed by atoms with Crippen LogP contribution in [0.1, 0.15) is 47.0 Å². The van der Waals surface area contributed by atoms with E-state index < -0.39 is 0 Å². The van der Waals surface area contributed by atoms with Crippen LogP contribution in [0.3, 0.4) is 0 Å². The third-order valence-electron chi connectivity index (χ3n) is 5.84. The largest absolute Gasteiger partial charge is 0.315 e. The lowest BCUT2D eigenvalue weighted by atomic mass is 9.76. The predicted molar refractivity (Wildman–Crippen MR) is 87.1 cm³/mol. The van der Waals surface area contributed by atoms with Crippen molar-refractivity contribution in [1.29, 1.82) is 0 Å². The van der Waals surface area contributed by atoms with Crippen LogP contribution in [0, 0.1) is 11.8 Å². The smallest absolute Gasteiger partial charge is 0.0253 e. The van der Waals surface area contributed by atoms with Crippen LogP contribution in [0.5, 0.6) is 0 Å². The summed E-state index contributed by atoms with van der Waals surface area (Å²) in [6, 6.07) is 2.17. The Morgan fingerprint density at radius 1 is 1.20 bits per heavy atom. The molecule has 0 bridgehead atoms. The number of hydrogen-bond donors (Lipinski definition) is 1. The highest BCUT2D eigenvalue weighted by molar-refractivity contribution is 4.94. The molecule has 2 fully saturated rings. The molecule has 1 heterocycles.